The van der Waals surface area contributed by atoms with E-state index in [0.717, 1.165) is 17.5 Å². The molecule has 0 fully saturated rings. The Morgan fingerprint density at radius 3 is 2.53 bits per heavy atom. The van der Waals surface area contributed by atoms with Crippen LogP contribution < -0.4 is 0 Å². The van der Waals surface area contributed by atoms with Crippen LogP contribution in [0.15, 0.2) is 43.5 Å². The number of hydrogen-bond donors (Lipinski definition) is 1. The third-order valence-electron chi connectivity index (χ3n) is 2.65. The van der Waals surface area contributed by atoms with Crippen molar-refractivity contribution in [2.75, 3.05) is 0 Å². The summed E-state index contributed by atoms with van der Waals surface area (Å²) >= 11 is 0. The quantitative estimate of drug-likeness (QED) is 0.740. The molecule has 1 heteroatoms. The zero-order valence-electron chi connectivity index (χ0n) is 9.46. The van der Waals surface area contributed by atoms with Gasteiger partial charge < -0.3 is 5.11 Å². The molecule has 0 aliphatic carbocycles. The lowest BCUT2D eigenvalue weighted by atomic mass is 9.83. The number of phenols is 1. The monoisotopic (exact) mass is 202 g/mol. The minimum absolute atomic E-state index is 0.207. The molecule has 1 rings (SSSR count). The van der Waals surface area contributed by atoms with Crippen molar-refractivity contribution >= 4 is 0 Å². The fourth-order valence-corrected chi connectivity index (χ4v) is 1.50. The highest BCUT2D eigenvalue weighted by atomic mass is 16.3. The van der Waals surface area contributed by atoms with Gasteiger partial charge in [-0.1, -0.05) is 38.1 Å². The molecule has 0 radical (unpaired) electrons. The van der Waals surface area contributed by atoms with Crippen LogP contribution in [-0.2, 0) is 11.8 Å². The molecule has 1 aromatic rings. The lowest BCUT2D eigenvalue weighted by Crippen LogP contribution is -2.13. The molecule has 15 heavy (non-hydrogen) atoms. The van der Waals surface area contributed by atoms with Crippen molar-refractivity contribution in [2.24, 2.45) is 0 Å². The SMILES string of the molecule is C=CCc1ccc(O)c(C(C)(C)C=C)c1. The van der Waals surface area contributed by atoms with Crippen molar-refractivity contribution in [2.45, 2.75) is 25.7 Å². The van der Waals surface area contributed by atoms with Gasteiger partial charge in [-0.15, -0.1) is 13.2 Å². The van der Waals surface area contributed by atoms with Gasteiger partial charge in [-0.3, -0.25) is 0 Å². The summed E-state index contributed by atoms with van der Waals surface area (Å²) in [6.07, 6.45) is 4.53. The topological polar surface area (TPSA) is 20.2 Å². The average molecular weight is 202 g/mol. The van der Waals surface area contributed by atoms with E-state index in [0.29, 0.717) is 5.75 Å². The summed E-state index contributed by atoms with van der Waals surface area (Å²) in [5.41, 5.74) is 1.87. The fourth-order valence-electron chi connectivity index (χ4n) is 1.50. The van der Waals surface area contributed by atoms with E-state index in [1.807, 2.05) is 38.1 Å². The Morgan fingerprint density at radius 1 is 1.33 bits per heavy atom. The Balaban J connectivity index is 3.21. The van der Waals surface area contributed by atoms with E-state index in [-0.39, 0.29) is 5.41 Å². The molecule has 0 bridgehead atoms. The van der Waals surface area contributed by atoms with Crippen LogP contribution >= 0.6 is 0 Å². The Hall–Kier alpha value is -1.50. The number of rotatable bonds is 4. The third-order valence-corrected chi connectivity index (χ3v) is 2.65. The van der Waals surface area contributed by atoms with Gasteiger partial charge in [0, 0.05) is 11.0 Å². The van der Waals surface area contributed by atoms with Crippen molar-refractivity contribution in [3.05, 3.63) is 54.6 Å². The molecule has 1 aromatic carbocycles. The van der Waals surface area contributed by atoms with E-state index >= 15 is 0 Å². The second-order valence-corrected chi connectivity index (χ2v) is 4.27. The van der Waals surface area contributed by atoms with E-state index in [2.05, 4.69) is 13.2 Å². The predicted octanol–water partition coefficient (Wildman–Crippen LogP) is 3.58. The maximum atomic E-state index is 9.80. The van der Waals surface area contributed by atoms with Gasteiger partial charge >= 0.3 is 0 Å². The summed E-state index contributed by atoms with van der Waals surface area (Å²) in [5, 5.41) is 9.80. The fraction of sp³-hybridized carbons (Fsp3) is 0.286. The van der Waals surface area contributed by atoms with Crippen molar-refractivity contribution in [3.63, 3.8) is 0 Å². The summed E-state index contributed by atoms with van der Waals surface area (Å²) in [6.45, 7) is 11.6. The van der Waals surface area contributed by atoms with Crippen LogP contribution in [0.25, 0.3) is 0 Å². The van der Waals surface area contributed by atoms with Crippen molar-refractivity contribution in [1.82, 2.24) is 0 Å². The van der Waals surface area contributed by atoms with Gasteiger partial charge in [0.1, 0.15) is 5.75 Å². The molecule has 0 aliphatic heterocycles. The molecule has 80 valence electrons. The maximum absolute atomic E-state index is 9.80. The van der Waals surface area contributed by atoms with Crippen LogP contribution in [-0.4, -0.2) is 5.11 Å². The molecule has 0 atom stereocenters. The second kappa shape index (κ2) is 4.35. The van der Waals surface area contributed by atoms with Crippen molar-refractivity contribution in [1.29, 1.82) is 0 Å². The summed E-state index contributed by atoms with van der Waals surface area (Å²) < 4.78 is 0. The van der Waals surface area contributed by atoms with Gasteiger partial charge in [0.15, 0.2) is 0 Å². The van der Waals surface area contributed by atoms with Crippen LogP contribution in [0, 0.1) is 0 Å². The number of benzene rings is 1. The van der Waals surface area contributed by atoms with Crippen LogP contribution in [0.1, 0.15) is 25.0 Å². The predicted molar refractivity (Wildman–Crippen MR) is 65.2 cm³/mol. The molecule has 1 N–H and O–H groups in total. The van der Waals surface area contributed by atoms with Crippen LogP contribution in [0.5, 0.6) is 5.75 Å². The molecule has 0 saturated carbocycles. The van der Waals surface area contributed by atoms with E-state index < -0.39 is 0 Å². The minimum atomic E-state index is -0.207. The first-order valence-electron chi connectivity index (χ1n) is 5.08. The summed E-state index contributed by atoms with van der Waals surface area (Å²) in [6, 6.07) is 5.66. The molecule has 0 aromatic heterocycles. The molecule has 0 saturated heterocycles. The molecule has 0 spiro atoms. The summed E-state index contributed by atoms with van der Waals surface area (Å²) in [4.78, 5) is 0. The van der Waals surface area contributed by atoms with E-state index in [1.165, 1.54) is 0 Å². The Bertz CT molecular complexity index is 375. The Morgan fingerprint density at radius 2 is 2.00 bits per heavy atom. The molecular weight excluding hydrogens is 184 g/mol. The summed E-state index contributed by atoms with van der Waals surface area (Å²) in [7, 11) is 0. The number of hydrogen-bond acceptors (Lipinski definition) is 1. The van der Waals surface area contributed by atoms with Gasteiger partial charge in [0.2, 0.25) is 0 Å². The maximum Gasteiger partial charge on any atom is 0.119 e. The normalized spacial score (nSPS) is 11.1. The highest BCUT2D eigenvalue weighted by molar-refractivity contribution is 5.43. The average Bonchev–Trinajstić information content (AvgIpc) is 2.21. The van der Waals surface area contributed by atoms with Gasteiger partial charge in [-0.05, 0) is 18.1 Å². The van der Waals surface area contributed by atoms with Gasteiger partial charge in [0.25, 0.3) is 0 Å². The molecule has 0 heterocycles. The second-order valence-electron chi connectivity index (χ2n) is 4.27. The first kappa shape index (κ1) is 11.6. The summed E-state index contributed by atoms with van der Waals surface area (Å²) in [5.74, 6) is 0.327. The van der Waals surface area contributed by atoms with Gasteiger partial charge in [-0.25, -0.2) is 0 Å². The zero-order valence-corrected chi connectivity index (χ0v) is 9.46. The van der Waals surface area contributed by atoms with Crippen molar-refractivity contribution in [3.8, 4) is 5.75 Å². The molecule has 0 unspecified atom stereocenters. The van der Waals surface area contributed by atoms with E-state index in [1.54, 1.807) is 6.07 Å². The lowest BCUT2D eigenvalue weighted by molar-refractivity contribution is 0.455. The van der Waals surface area contributed by atoms with Crippen LogP contribution in [0.4, 0.5) is 0 Å². The van der Waals surface area contributed by atoms with E-state index in [9.17, 15) is 5.11 Å². The third kappa shape index (κ3) is 2.50. The minimum Gasteiger partial charge on any atom is -0.508 e. The van der Waals surface area contributed by atoms with Gasteiger partial charge in [0.05, 0.1) is 0 Å². The van der Waals surface area contributed by atoms with E-state index in [4.69, 9.17) is 0 Å². The van der Waals surface area contributed by atoms with Crippen molar-refractivity contribution < 1.29 is 5.11 Å². The number of aromatic hydroxyl groups is 1. The Labute approximate surface area is 91.8 Å². The Kier molecular flexibility index (Phi) is 3.35. The smallest absolute Gasteiger partial charge is 0.119 e. The molecular formula is C14H18O. The number of allylic oxidation sites excluding steroid dienone is 2. The highest BCUT2D eigenvalue weighted by Crippen LogP contribution is 2.32. The largest absolute Gasteiger partial charge is 0.508 e. The first-order valence-corrected chi connectivity index (χ1v) is 5.08. The molecule has 0 aliphatic rings. The first-order chi connectivity index (χ1) is 7.01. The molecule has 0 amide bonds. The van der Waals surface area contributed by atoms with Gasteiger partial charge in [-0.2, -0.15) is 0 Å². The lowest BCUT2D eigenvalue weighted by Gasteiger charge is -2.22. The highest BCUT2D eigenvalue weighted by Gasteiger charge is 2.20. The number of phenolic OH excluding ortho intramolecular Hbond substituents is 1. The van der Waals surface area contributed by atoms with Crippen LogP contribution in [0.3, 0.4) is 0 Å². The zero-order chi connectivity index (χ0) is 11.5. The standard InChI is InChI=1S/C14H18O/c1-5-7-11-8-9-13(15)12(10-11)14(3,4)6-2/h5-6,8-10,15H,1-2,7H2,3-4H3. The van der Waals surface area contributed by atoms with Crippen LogP contribution in [0.2, 0.25) is 0 Å². The molecule has 1 nitrogen and oxygen atoms in total.